The van der Waals surface area contributed by atoms with E-state index in [1.54, 1.807) is 7.11 Å². The number of ether oxygens (including phenoxy) is 1. The summed E-state index contributed by atoms with van der Waals surface area (Å²) in [7, 11) is 1.65. The van der Waals surface area contributed by atoms with Gasteiger partial charge in [0.1, 0.15) is 10.4 Å². The van der Waals surface area contributed by atoms with Crippen molar-refractivity contribution in [1.82, 2.24) is 9.78 Å². The summed E-state index contributed by atoms with van der Waals surface area (Å²) in [5, 5.41) is 5.41. The highest BCUT2D eigenvalue weighted by Gasteiger charge is 2.12. The van der Waals surface area contributed by atoms with Gasteiger partial charge in [0.25, 0.3) is 0 Å². The van der Waals surface area contributed by atoms with Gasteiger partial charge >= 0.3 is 0 Å². The van der Waals surface area contributed by atoms with Crippen molar-refractivity contribution in [1.29, 1.82) is 0 Å². The lowest BCUT2D eigenvalue weighted by Gasteiger charge is -2.01. The van der Waals surface area contributed by atoms with Crippen LogP contribution in [0.25, 0.3) is 10.9 Å². The molecule has 0 radical (unpaired) electrons. The molecule has 5 heteroatoms. The monoisotopic (exact) mass is 269 g/mol. The van der Waals surface area contributed by atoms with Gasteiger partial charge in [0.15, 0.2) is 0 Å². The second-order valence-corrected chi connectivity index (χ2v) is 3.91. The summed E-state index contributed by atoms with van der Waals surface area (Å²) >= 11 is 3.51. The number of aromatic nitrogens is 2. The van der Waals surface area contributed by atoms with Crippen LogP contribution in [0.5, 0.6) is 5.75 Å². The van der Waals surface area contributed by atoms with E-state index in [1.807, 2.05) is 22.9 Å². The Hall–Kier alpha value is -1.07. The average Bonchev–Trinajstić information content (AvgIpc) is 2.57. The number of benzene rings is 1. The van der Waals surface area contributed by atoms with Crippen molar-refractivity contribution in [3.05, 3.63) is 22.8 Å². The van der Waals surface area contributed by atoms with Crippen molar-refractivity contribution in [3.8, 4) is 5.75 Å². The summed E-state index contributed by atoms with van der Waals surface area (Å²) in [4.78, 5) is 0. The molecule has 1 aromatic heterocycles. The first-order chi connectivity index (χ1) is 7.27. The second-order valence-electron chi connectivity index (χ2n) is 3.16. The van der Waals surface area contributed by atoms with Crippen molar-refractivity contribution in [2.45, 2.75) is 6.54 Å². The summed E-state index contributed by atoms with van der Waals surface area (Å²) in [6.45, 7) is 1.26. The molecule has 80 valence electrons. The van der Waals surface area contributed by atoms with E-state index in [1.165, 1.54) is 0 Å². The fraction of sp³-hybridized carbons (Fsp3) is 0.300. The summed E-state index contributed by atoms with van der Waals surface area (Å²) in [5.41, 5.74) is 6.42. The zero-order valence-electron chi connectivity index (χ0n) is 8.40. The molecule has 0 unspecified atom stereocenters. The van der Waals surface area contributed by atoms with E-state index in [0.29, 0.717) is 13.1 Å². The largest absolute Gasteiger partial charge is 0.496 e. The van der Waals surface area contributed by atoms with E-state index in [0.717, 1.165) is 21.3 Å². The lowest BCUT2D eigenvalue weighted by molar-refractivity contribution is 0.419. The minimum Gasteiger partial charge on any atom is -0.496 e. The molecular formula is C10H12BrN3O. The lowest BCUT2D eigenvalue weighted by atomic mass is 10.2. The molecule has 4 nitrogen and oxygen atoms in total. The van der Waals surface area contributed by atoms with Crippen LogP contribution in [0.3, 0.4) is 0 Å². The standard InChI is InChI=1S/C10H12BrN3O/c1-15-8-4-2-3-7-9(8)10(11)14(13-7)6-5-12/h2-4H,5-6,12H2,1H3. The third kappa shape index (κ3) is 1.72. The van der Waals surface area contributed by atoms with Crippen molar-refractivity contribution in [3.63, 3.8) is 0 Å². The molecule has 1 aromatic carbocycles. The van der Waals surface area contributed by atoms with Crippen molar-refractivity contribution < 1.29 is 4.74 Å². The van der Waals surface area contributed by atoms with Gasteiger partial charge in [0, 0.05) is 6.54 Å². The molecule has 0 spiro atoms. The zero-order chi connectivity index (χ0) is 10.8. The van der Waals surface area contributed by atoms with Gasteiger partial charge in [0.2, 0.25) is 0 Å². The van der Waals surface area contributed by atoms with Crippen LogP contribution in [-0.4, -0.2) is 23.4 Å². The lowest BCUT2D eigenvalue weighted by Crippen LogP contribution is -2.10. The maximum atomic E-state index is 5.51. The molecule has 0 aliphatic rings. The van der Waals surface area contributed by atoms with Gasteiger partial charge in [-0.25, -0.2) is 0 Å². The van der Waals surface area contributed by atoms with Crippen LogP contribution in [0.1, 0.15) is 0 Å². The summed E-state index contributed by atoms with van der Waals surface area (Å²) in [5.74, 6) is 0.822. The van der Waals surface area contributed by atoms with E-state index in [2.05, 4.69) is 21.0 Å². The minimum atomic E-state index is 0.564. The molecule has 0 aliphatic carbocycles. The van der Waals surface area contributed by atoms with E-state index in [-0.39, 0.29) is 0 Å². The maximum Gasteiger partial charge on any atom is 0.131 e. The summed E-state index contributed by atoms with van der Waals surface area (Å²) in [6.07, 6.45) is 0. The Morgan fingerprint density at radius 1 is 1.53 bits per heavy atom. The molecule has 0 aliphatic heterocycles. The first-order valence-corrected chi connectivity index (χ1v) is 5.46. The van der Waals surface area contributed by atoms with Crippen molar-refractivity contribution >= 4 is 26.8 Å². The SMILES string of the molecule is COc1cccc2nn(CCN)c(Br)c12. The average molecular weight is 270 g/mol. The van der Waals surface area contributed by atoms with Gasteiger partial charge in [-0.15, -0.1) is 0 Å². The topological polar surface area (TPSA) is 53.1 Å². The number of nitrogens with two attached hydrogens (primary N) is 1. The molecular weight excluding hydrogens is 258 g/mol. The third-order valence-corrected chi connectivity index (χ3v) is 3.03. The number of nitrogens with zero attached hydrogens (tertiary/aromatic N) is 2. The normalized spacial score (nSPS) is 10.9. The molecule has 0 amide bonds. The van der Waals surface area contributed by atoms with Gasteiger partial charge in [-0.3, -0.25) is 4.68 Å². The van der Waals surface area contributed by atoms with Crippen LogP contribution >= 0.6 is 15.9 Å². The van der Waals surface area contributed by atoms with Gasteiger partial charge in [-0.1, -0.05) is 6.07 Å². The summed E-state index contributed by atoms with van der Waals surface area (Å²) in [6, 6.07) is 5.80. The van der Waals surface area contributed by atoms with E-state index < -0.39 is 0 Å². The first kappa shape index (κ1) is 10.4. The Kier molecular flexibility index (Phi) is 2.93. The Labute approximate surface area is 96.1 Å². The quantitative estimate of drug-likeness (QED) is 0.924. The highest BCUT2D eigenvalue weighted by atomic mass is 79.9. The molecule has 0 saturated carbocycles. The molecule has 15 heavy (non-hydrogen) atoms. The number of hydrogen-bond acceptors (Lipinski definition) is 3. The maximum absolute atomic E-state index is 5.51. The third-order valence-electron chi connectivity index (χ3n) is 2.23. The Morgan fingerprint density at radius 2 is 2.33 bits per heavy atom. The van der Waals surface area contributed by atoms with Crippen LogP contribution in [0.4, 0.5) is 0 Å². The van der Waals surface area contributed by atoms with Gasteiger partial charge in [-0.2, -0.15) is 5.10 Å². The van der Waals surface area contributed by atoms with Crippen molar-refractivity contribution in [2.24, 2.45) is 5.73 Å². The molecule has 0 fully saturated rings. The number of halogens is 1. The van der Waals surface area contributed by atoms with Crippen molar-refractivity contribution in [2.75, 3.05) is 13.7 Å². The molecule has 2 rings (SSSR count). The Morgan fingerprint density at radius 3 is 3.00 bits per heavy atom. The number of hydrogen-bond donors (Lipinski definition) is 1. The predicted octanol–water partition coefficient (Wildman–Crippen LogP) is 1.77. The summed E-state index contributed by atoms with van der Waals surface area (Å²) < 4.78 is 8.04. The smallest absolute Gasteiger partial charge is 0.131 e. The van der Waals surface area contributed by atoms with Crippen LogP contribution < -0.4 is 10.5 Å². The van der Waals surface area contributed by atoms with Gasteiger partial charge in [0.05, 0.1) is 24.6 Å². The van der Waals surface area contributed by atoms with E-state index >= 15 is 0 Å². The van der Waals surface area contributed by atoms with E-state index in [4.69, 9.17) is 10.5 Å². The first-order valence-electron chi connectivity index (χ1n) is 4.67. The highest BCUT2D eigenvalue weighted by molar-refractivity contribution is 9.10. The predicted molar refractivity (Wildman–Crippen MR) is 63.0 cm³/mol. The van der Waals surface area contributed by atoms with Crippen LogP contribution in [0.15, 0.2) is 22.8 Å². The Balaban J connectivity index is 2.65. The molecule has 0 saturated heterocycles. The molecule has 2 aromatic rings. The number of methoxy groups -OCH3 is 1. The second kappa shape index (κ2) is 4.20. The highest BCUT2D eigenvalue weighted by Crippen LogP contribution is 2.31. The van der Waals surface area contributed by atoms with Gasteiger partial charge in [-0.05, 0) is 28.1 Å². The van der Waals surface area contributed by atoms with Crippen LogP contribution in [-0.2, 0) is 6.54 Å². The fourth-order valence-electron chi connectivity index (χ4n) is 1.55. The number of rotatable bonds is 3. The van der Waals surface area contributed by atoms with Gasteiger partial charge < -0.3 is 10.5 Å². The van der Waals surface area contributed by atoms with Crippen LogP contribution in [0, 0.1) is 0 Å². The molecule has 0 atom stereocenters. The van der Waals surface area contributed by atoms with Crippen LogP contribution in [0.2, 0.25) is 0 Å². The molecule has 1 heterocycles. The Bertz CT molecular complexity index is 481. The zero-order valence-corrected chi connectivity index (χ0v) is 9.99. The molecule has 2 N–H and O–H groups in total. The van der Waals surface area contributed by atoms with E-state index in [9.17, 15) is 0 Å². The number of fused-ring (bicyclic) bond motifs is 1. The molecule has 0 bridgehead atoms. The fourth-order valence-corrected chi connectivity index (χ4v) is 2.21. The minimum absolute atomic E-state index is 0.564.